The van der Waals surface area contributed by atoms with Crippen molar-refractivity contribution in [3.63, 3.8) is 0 Å². The zero-order valence-electron chi connectivity index (χ0n) is 14.5. The van der Waals surface area contributed by atoms with Crippen molar-refractivity contribution >= 4 is 23.5 Å². The highest BCUT2D eigenvalue weighted by molar-refractivity contribution is 6.30. The number of benzene rings is 1. The monoisotopic (exact) mass is 383 g/mol. The zero-order valence-corrected chi connectivity index (χ0v) is 15.2. The lowest BCUT2D eigenvalue weighted by Gasteiger charge is -2.33. The highest BCUT2D eigenvalue weighted by Gasteiger charge is 2.26. The number of pyridine rings is 1. The van der Waals surface area contributed by atoms with Gasteiger partial charge in [0.15, 0.2) is 5.82 Å². The first-order chi connectivity index (χ1) is 13.1. The summed E-state index contributed by atoms with van der Waals surface area (Å²) in [5.41, 5.74) is 3.85. The molecule has 8 heteroatoms. The number of rotatable bonds is 3. The smallest absolute Gasteiger partial charge is 0.407 e. The van der Waals surface area contributed by atoms with Gasteiger partial charge in [-0.05, 0) is 29.8 Å². The summed E-state index contributed by atoms with van der Waals surface area (Å²) in [7, 11) is 0. The van der Waals surface area contributed by atoms with E-state index in [-0.39, 0.29) is 0 Å². The summed E-state index contributed by atoms with van der Waals surface area (Å²) in [5.74, 6) is 0.816. The van der Waals surface area contributed by atoms with Gasteiger partial charge in [0.25, 0.3) is 0 Å². The number of halogens is 1. The normalized spacial score (nSPS) is 14.4. The van der Waals surface area contributed by atoms with Crippen LogP contribution in [0.3, 0.4) is 0 Å². The fourth-order valence-corrected chi connectivity index (χ4v) is 3.41. The van der Waals surface area contributed by atoms with E-state index in [1.54, 1.807) is 12.4 Å². The number of piperazine rings is 1. The molecule has 138 valence electrons. The third kappa shape index (κ3) is 3.46. The predicted octanol–water partition coefficient (Wildman–Crippen LogP) is 3.59. The van der Waals surface area contributed by atoms with Crippen LogP contribution < -0.4 is 4.90 Å². The topological polar surface area (TPSA) is 85.4 Å². The SMILES string of the molecule is O=C(O)N1CCN(c2n[nH]c(-c3ccc(Cl)cc3)c2-c2ccncc2)CC1. The van der Waals surface area contributed by atoms with Gasteiger partial charge in [0, 0.05) is 49.2 Å². The van der Waals surface area contributed by atoms with Crippen LogP contribution in [0.25, 0.3) is 22.4 Å². The van der Waals surface area contributed by atoms with Gasteiger partial charge in [-0.25, -0.2) is 4.79 Å². The average molecular weight is 384 g/mol. The molecule has 0 spiro atoms. The van der Waals surface area contributed by atoms with Gasteiger partial charge < -0.3 is 14.9 Å². The number of hydrogen-bond donors (Lipinski definition) is 2. The Morgan fingerprint density at radius 2 is 1.67 bits per heavy atom. The number of hydrogen-bond acceptors (Lipinski definition) is 4. The average Bonchev–Trinajstić information content (AvgIpc) is 3.14. The van der Waals surface area contributed by atoms with Crippen LogP contribution >= 0.6 is 11.6 Å². The van der Waals surface area contributed by atoms with Crippen molar-refractivity contribution < 1.29 is 9.90 Å². The molecule has 1 aliphatic rings. The van der Waals surface area contributed by atoms with Crippen LogP contribution in [0.15, 0.2) is 48.8 Å². The van der Waals surface area contributed by atoms with E-state index < -0.39 is 6.09 Å². The Morgan fingerprint density at radius 3 is 2.30 bits per heavy atom. The Hall–Kier alpha value is -3.06. The molecular weight excluding hydrogens is 366 g/mol. The first-order valence-electron chi connectivity index (χ1n) is 8.61. The maximum absolute atomic E-state index is 11.2. The summed E-state index contributed by atoms with van der Waals surface area (Å²) in [6, 6.07) is 11.5. The number of carboxylic acid groups (broad SMARTS) is 1. The lowest BCUT2D eigenvalue weighted by atomic mass is 10.0. The minimum absolute atomic E-state index is 0.453. The standard InChI is InChI=1S/C19H18ClN5O2/c20-15-3-1-14(2-4-15)17-16(13-5-7-21-8-6-13)18(23-22-17)24-9-11-25(12-10-24)19(26)27/h1-8H,9-12H2,(H,22,23)(H,26,27). The van der Waals surface area contributed by atoms with Crippen LogP contribution in [0.1, 0.15) is 0 Å². The Bertz CT molecular complexity index is 934. The van der Waals surface area contributed by atoms with E-state index in [2.05, 4.69) is 20.1 Å². The number of H-pyrrole nitrogens is 1. The molecule has 3 aromatic rings. The second-order valence-electron chi connectivity index (χ2n) is 6.30. The van der Waals surface area contributed by atoms with E-state index >= 15 is 0 Å². The minimum Gasteiger partial charge on any atom is -0.465 e. The predicted molar refractivity (Wildman–Crippen MR) is 104 cm³/mol. The molecule has 27 heavy (non-hydrogen) atoms. The third-order valence-corrected chi connectivity index (χ3v) is 4.95. The summed E-state index contributed by atoms with van der Waals surface area (Å²) >= 11 is 6.03. The summed E-state index contributed by atoms with van der Waals surface area (Å²) in [5, 5.41) is 17.6. The van der Waals surface area contributed by atoms with Gasteiger partial charge in [-0.1, -0.05) is 23.7 Å². The number of amides is 1. The van der Waals surface area contributed by atoms with E-state index in [1.807, 2.05) is 36.4 Å². The molecule has 1 fully saturated rings. The number of anilines is 1. The van der Waals surface area contributed by atoms with E-state index in [4.69, 9.17) is 11.6 Å². The molecule has 0 bridgehead atoms. The molecule has 0 saturated carbocycles. The molecule has 3 heterocycles. The van der Waals surface area contributed by atoms with Crippen LogP contribution in [0.4, 0.5) is 10.6 Å². The maximum Gasteiger partial charge on any atom is 0.407 e. The lowest BCUT2D eigenvalue weighted by Crippen LogP contribution is -2.48. The summed E-state index contributed by atoms with van der Waals surface area (Å²) in [4.78, 5) is 18.8. The fourth-order valence-electron chi connectivity index (χ4n) is 3.29. The second-order valence-corrected chi connectivity index (χ2v) is 6.73. The Morgan fingerprint density at radius 1 is 1.00 bits per heavy atom. The van der Waals surface area contributed by atoms with Gasteiger partial charge in [0.2, 0.25) is 0 Å². The molecule has 2 N–H and O–H groups in total. The minimum atomic E-state index is -0.882. The first kappa shape index (κ1) is 17.4. The molecule has 0 unspecified atom stereocenters. The largest absolute Gasteiger partial charge is 0.465 e. The van der Waals surface area contributed by atoms with Crippen molar-refractivity contribution in [1.82, 2.24) is 20.1 Å². The van der Waals surface area contributed by atoms with E-state index in [0.717, 1.165) is 28.2 Å². The second kappa shape index (κ2) is 7.28. The van der Waals surface area contributed by atoms with Gasteiger partial charge >= 0.3 is 6.09 Å². The van der Waals surface area contributed by atoms with Gasteiger partial charge in [-0.15, -0.1) is 0 Å². The van der Waals surface area contributed by atoms with Crippen molar-refractivity contribution in [2.24, 2.45) is 0 Å². The molecule has 1 aliphatic heterocycles. The molecule has 4 rings (SSSR count). The summed E-state index contributed by atoms with van der Waals surface area (Å²) < 4.78 is 0. The first-order valence-corrected chi connectivity index (χ1v) is 8.99. The van der Waals surface area contributed by atoms with E-state index in [0.29, 0.717) is 31.2 Å². The number of aromatic amines is 1. The maximum atomic E-state index is 11.2. The molecule has 0 radical (unpaired) electrons. The molecule has 1 amide bonds. The van der Waals surface area contributed by atoms with Gasteiger partial charge in [0.05, 0.1) is 11.3 Å². The summed E-state index contributed by atoms with van der Waals surface area (Å²) in [6.07, 6.45) is 2.62. The molecule has 2 aromatic heterocycles. The number of nitrogens with one attached hydrogen (secondary N) is 1. The van der Waals surface area contributed by atoms with Crippen molar-refractivity contribution in [2.45, 2.75) is 0 Å². The van der Waals surface area contributed by atoms with Crippen LogP contribution in [-0.4, -0.2) is 57.5 Å². The van der Waals surface area contributed by atoms with Crippen molar-refractivity contribution in [2.75, 3.05) is 31.1 Å². The van der Waals surface area contributed by atoms with Crippen LogP contribution in [0.5, 0.6) is 0 Å². The highest BCUT2D eigenvalue weighted by atomic mass is 35.5. The van der Waals surface area contributed by atoms with E-state index in [9.17, 15) is 9.90 Å². The lowest BCUT2D eigenvalue weighted by molar-refractivity contribution is 0.142. The van der Waals surface area contributed by atoms with Crippen LogP contribution in [0.2, 0.25) is 5.02 Å². The van der Waals surface area contributed by atoms with Gasteiger partial charge in [0.1, 0.15) is 0 Å². The fraction of sp³-hybridized carbons (Fsp3) is 0.211. The van der Waals surface area contributed by atoms with Crippen molar-refractivity contribution in [1.29, 1.82) is 0 Å². The highest BCUT2D eigenvalue weighted by Crippen LogP contribution is 2.38. The Labute approximate surface area is 161 Å². The molecule has 0 atom stereocenters. The Balaban J connectivity index is 1.74. The van der Waals surface area contributed by atoms with Gasteiger partial charge in [-0.3, -0.25) is 10.1 Å². The molecule has 0 aliphatic carbocycles. The number of carbonyl (C=O) groups is 1. The molecule has 1 saturated heterocycles. The number of nitrogens with zero attached hydrogens (tertiary/aromatic N) is 4. The summed E-state index contributed by atoms with van der Waals surface area (Å²) in [6.45, 7) is 2.09. The molecular formula is C19H18ClN5O2. The number of aromatic nitrogens is 3. The van der Waals surface area contributed by atoms with E-state index in [1.165, 1.54) is 4.90 Å². The van der Waals surface area contributed by atoms with Gasteiger partial charge in [-0.2, -0.15) is 5.10 Å². The van der Waals surface area contributed by atoms with Crippen molar-refractivity contribution in [3.05, 3.63) is 53.8 Å². The molecule has 1 aromatic carbocycles. The Kier molecular flexibility index (Phi) is 4.68. The van der Waals surface area contributed by atoms with Crippen LogP contribution in [0, 0.1) is 0 Å². The van der Waals surface area contributed by atoms with Crippen LogP contribution in [-0.2, 0) is 0 Å². The third-order valence-electron chi connectivity index (χ3n) is 4.70. The molecule has 7 nitrogen and oxygen atoms in total. The quantitative estimate of drug-likeness (QED) is 0.721. The van der Waals surface area contributed by atoms with Crippen molar-refractivity contribution in [3.8, 4) is 22.4 Å². The zero-order chi connectivity index (χ0) is 18.8.